The highest BCUT2D eigenvalue weighted by Gasteiger charge is 2.21. The minimum Gasteiger partial charge on any atom is -0.368 e. The van der Waals surface area contributed by atoms with Gasteiger partial charge in [0.25, 0.3) is 0 Å². The van der Waals surface area contributed by atoms with Crippen molar-refractivity contribution < 1.29 is 0 Å². The normalized spacial score (nSPS) is 16.0. The quantitative estimate of drug-likeness (QED) is 0.553. The van der Waals surface area contributed by atoms with Gasteiger partial charge in [0, 0.05) is 12.7 Å². The van der Waals surface area contributed by atoms with Crippen LogP contribution in [0.5, 0.6) is 0 Å². The summed E-state index contributed by atoms with van der Waals surface area (Å²) < 4.78 is 2.03. The van der Waals surface area contributed by atoms with Gasteiger partial charge in [-0.2, -0.15) is 4.98 Å². The number of hydrogen-bond acceptors (Lipinski definition) is 7. The predicted octanol–water partition coefficient (Wildman–Crippen LogP) is 3.37. The van der Waals surface area contributed by atoms with Crippen molar-refractivity contribution in [2.75, 3.05) is 11.1 Å². The third-order valence-corrected chi connectivity index (χ3v) is 5.38. The fourth-order valence-corrected chi connectivity index (χ4v) is 4.04. The number of aryl methyl sites for hydroxylation is 2. The number of hydrogen-bond donors (Lipinski definition) is 2. The van der Waals surface area contributed by atoms with Crippen LogP contribution in [-0.2, 0) is 13.0 Å². The van der Waals surface area contributed by atoms with Crippen molar-refractivity contribution in [3.8, 4) is 11.5 Å². The monoisotopic (exact) mass is 386 g/mol. The maximum Gasteiger partial charge on any atom is 0.225 e. The second-order valence-corrected chi connectivity index (χ2v) is 7.17. The second-order valence-electron chi connectivity index (χ2n) is 7.17. The van der Waals surface area contributed by atoms with E-state index in [1.165, 1.54) is 11.1 Å². The SMILES string of the molecule is CCn1c(-c2ccnc(N)n2)nc2cnc(NC3CCCc4ccccc43)nc21. The summed E-state index contributed by atoms with van der Waals surface area (Å²) in [6.07, 6.45) is 6.75. The van der Waals surface area contributed by atoms with Gasteiger partial charge in [-0.15, -0.1) is 0 Å². The molecule has 8 nitrogen and oxygen atoms in total. The average molecular weight is 386 g/mol. The number of rotatable bonds is 4. The molecule has 146 valence electrons. The second kappa shape index (κ2) is 7.12. The van der Waals surface area contributed by atoms with E-state index in [-0.39, 0.29) is 12.0 Å². The van der Waals surface area contributed by atoms with Gasteiger partial charge in [0.15, 0.2) is 11.5 Å². The first-order valence-corrected chi connectivity index (χ1v) is 9.89. The topological polar surface area (TPSA) is 107 Å². The highest BCUT2D eigenvalue weighted by Crippen LogP contribution is 2.32. The van der Waals surface area contributed by atoms with E-state index in [1.807, 2.05) is 4.57 Å². The standard InChI is InChI=1S/C21H22N8/c1-2-29-18(16-10-11-23-20(22)26-16)25-17-12-24-21(28-19(17)29)27-15-9-5-7-13-6-3-4-8-14(13)15/h3-4,6,8,10-12,15H,2,5,7,9H2,1H3,(H2,22,23,26)(H,24,27,28). The number of fused-ring (bicyclic) bond motifs is 2. The van der Waals surface area contributed by atoms with Gasteiger partial charge in [0.1, 0.15) is 11.2 Å². The molecule has 0 radical (unpaired) electrons. The van der Waals surface area contributed by atoms with Gasteiger partial charge >= 0.3 is 0 Å². The molecule has 1 unspecified atom stereocenters. The summed E-state index contributed by atoms with van der Waals surface area (Å²) in [4.78, 5) is 22.3. The molecule has 4 aromatic rings. The average Bonchev–Trinajstić information content (AvgIpc) is 3.12. The van der Waals surface area contributed by atoms with Crippen LogP contribution >= 0.6 is 0 Å². The summed E-state index contributed by atoms with van der Waals surface area (Å²) in [6.45, 7) is 2.76. The molecule has 0 aliphatic heterocycles. The Bertz CT molecular complexity index is 1180. The highest BCUT2D eigenvalue weighted by atomic mass is 15.2. The molecular weight excluding hydrogens is 364 g/mol. The Kier molecular flexibility index (Phi) is 4.31. The first kappa shape index (κ1) is 17.5. The molecule has 0 saturated heterocycles. The fourth-order valence-electron chi connectivity index (χ4n) is 4.04. The van der Waals surface area contributed by atoms with Gasteiger partial charge in [-0.05, 0) is 43.4 Å². The van der Waals surface area contributed by atoms with Gasteiger partial charge in [-0.1, -0.05) is 24.3 Å². The molecule has 0 spiro atoms. The van der Waals surface area contributed by atoms with Crippen LogP contribution in [0.2, 0.25) is 0 Å². The summed E-state index contributed by atoms with van der Waals surface area (Å²) in [5.74, 6) is 1.55. The largest absolute Gasteiger partial charge is 0.368 e. The van der Waals surface area contributed by atoms with Gasteiger partial charge in [0.05, 0.1) is 12.2 Å². The Labute approximate surface area is 168 Å². The zero-order chi connectivity index (χ0) is 19.8. The molecule has 29 heavy (non-hydrogen) atoms. The lowest BCUT2D eigenvalue weighted by atomic mass is 9.88. The molecule has 0 amide bonds. The van der Waals surface area contributed by atoms with E-state index in [9.17, 15) is 0 Å². The zero-order valence-electron chi connectivity index (χ0n) is 16.2. The molecule has 0 fully saturated rings. The van der Waals surface area contributed by atoms with Crippen LogP contribution < -0.4 is 11.1 Å². The molecular formula is C21H22N8. The minimum atomic E-state index is 0.219. The summed E-state index contributed by atoms with van der Waals surface area (Å²) in [7, 11) is 0. The van der Waals surface area contributed by atoms with Gasteiger partial charge < -0.3 is 15.6 Å². The molecule has 1 aliphatic rings. The van der Waals surface area contributed by atoms with Gasteiger partial charge in [0.2, 0.25) is 11.9 Å². The number of imidazole rings is 1. The van der Waals surface area contributed by atoms with E-state index in [0.29, 0.717) is 24.0 Å². The van der Waals surface area contributed by atoms with E-state index >= 15 is 0 Å². The Hall–Kier alpha value is -3.55. The minimum absolute atomic E-state index is 0.219. The molecule has 8 heteroatoms. The third-order valence-electron chi connectivity index (χ3n) is 5.38. The number of nitrogen functional groups attached to an aromatic ring is 1. The number of benzene rings is 1. The summed E-state index contributed by atoms with van der Waals surface area (Å²) >= 11 is 0. The Morgan fingerprint density at radius 3 is 2.90 bits per heavy atom. The summed E-state index contributed by atoms with van der Waals surface area (Å²) in [5.41, 5.74) is 10.7. The van der Waals surface area contributed by atoms with Crippen LogP contribution in [-0.4, -0.2) is 29.5 Å². The lowest BCUT2D eigenvalue weighted by Gasteiger charge is -2.26. The van der Waals surface area contributed by atoms with Gasteiger partial charge in [-0.3, -0.25) is 0 Å². The van der Waals surface area contributed by atoms with Crippen LogP contribution in [0.1, 0.15) is 36.9 Å². The number of nitrogens with zero attached hydrogens (tertiary/aromatic N) is 6. The van der Waals surface area contributed by atoms with Crippen molar-refractivity contribution in [3.63, 3.8) is 0 Å². The predicted molar refractivity (Wildman–Crippen MR) is 112 cm³/mol. The van der Waals surface area contributed by atoms with Crippen molar-refractivity contribution in [2.45, 2.75) is 38.8 Å². The molecule has 3 aromatic heterocycles. The van der Waals surface area contributed by atoms with Crippen LogP contribution in [0.15, 0.2) is 42.7 Å². The van der Waals surface area contributed by atoms with Crippen LogP contribution in [0.4, 0.5) is 11.9 Å². The van der Waals surface area contributed by atoms with Crippen LogP contribution in [0.25, 0.3) is 22.7 Å². The lowest BCUT2D eigenvalue weighted by Crippen LogP contribution is -2.18. The van der Waals surface area contributed by atoms with E-state index in [2.05, 4.69) is 56.4 Å². The zero-order valence-corrected chi connectivity index (χ0v) is 16.2. The Balaban J connectivity index is 1.53. The van der Waals surface area contributed by atoms with Crippen LogP contribution in [0.3, 0.4) is 0 Å². The van der Waals surface area contributed by atoms with Crippen molar-refractivity contribution >= 4 is 23.1 Å². The van der Waals surface area contributed by atoms with Gasteiger partial charge in [-0.25, -0.2) is 19.9 Å². The first-order chi connectivity index (χ1) is 14.2. The lowest BCUT2D eigenvalue weighted by molar-refractivity contribution is 0.596. The molecule has 0 bridgehead atoms. The number of anilines is 2. The molecule has 3 N–H and O–H groups in total. The number of nitrogens with one attached hydrogen (secondary N) is 1. The van der Waals surface area contributed by atoms with Crippen molar-refractivity contribution in [1.29, 1.82) is 0 Å². The highest BCUT2D eigenvalue weighted by molar-refractivity contribution is 5.76. The molecule has 1 atom stereocenters. The number of aromatic nitrogens is 6. The van der Waals surface area contributed by atoms with Crippen molar-refractivity contribution in [2.24, 2.45) is 0 Å². The molecule has 0 saturated carbocycles. The molecule has 1 aliphatic carbocycles. The van der Waals surface area contributed by atoms with E-state index in [0.717, 1.165) is 30.4 Å². The first-order valence-electron chi connectivity index (χ1n) is 9.89. The van der Waals surface area contributed by atoms with Crippen LogP contribution in [0, 0.1) is 0 Å². The fraction of sp³-hybridized carbons (Fsp3) is 0.286. The molecule has 5 rings (SSSR count). The summed E-state index contributed by atoms with van der Waals surface area (Å²) in [6, 6.07) is 10.6. The van der Waals surface area contributed by atoms with Crippen molar-refractivity contribution in [1.82, 2.24) is 29.5 Å². The van der Waals surface area contributed by atoms with E-state index in [1.54, 1.807) is 18.5 Å². The maximum absolute atomic E-state index is 5.75. The number of nitrogens with two attached hydrogens (primary N) is 1. The Morgan fingerprint density at radius 2 is 2.03 bits per heavy atom. The van der Waals surface area contributed by atoms with E-state index in [4.69, 9.17) is 10.7 Å². The molecule has 1 aromatic carbocycles. The third kappa shape index (κ3) is 3.16. The maximum atomic E-state index is 5.75. The smallest absolute Gasteiger partial charge is 0.225 e. The summed E-state index contributed by atoms with van der Waals surface area (Å²) in [5, 5.41) is 3.53. The molecule has 3 heterocycles. The van der Waals surface area contributed by atoms with E-state index < -0.39 is 0 Å². The Morgan fingerprint density at radius 1 is 1.14 bits per heavy atom. The van der Waals surface area contributed by atoms with Crippen molar-refractivity contribution in [3.05, 3.63) is 53.9 Å².